The zero-order chi connectivity index (χ0) is 14.8. The topological polar surface area (TPSA) is 21.3 Å². The number of hydrogen-bond donors (Lipinski definition) is 1. The molecule has 2 aromatic carbocycles. The summed E-state index contributed by atoms with van der Waals surface area (Å²) < 4.78 is 5.25. The average molecular weight is 281 g/mol. The van der Waals surface area contributed by atoms with Crippen molar-refractivity contribution >= 4 is 5.69 Å². The van der Waals surface area contributed by atoms with Crippen LogP contribution in [0.2, 0.25) is 0 Å². The number of anilines is 1. The fraction of sp³-hybridized carbons (Fsp3) is 0.368. The van der Waals surface area contributed by atoms with Crippen LogP contribution in [0.5, 0.6) is 5.75 Å². The van der Waals surface area contributed by atoms with E-state index < -0.39 is 0 Å². The van der Waals surface area contributed by atoms with Crippen molar-refractivity contribution in [3.8, 4) is 5.75 Å². The van der Waals surface area contributed by atoms with Crippen LogP contribution in [0, 0.1) is 13.8 Å². The summed E-state index contributed by atoms with van der Waals surface area (Å²) in [6.45, 7) is 4.27. The summed E-state index contributed by atoms with van der Waals surface area (Å²) in [6, 6.07) is 15.8. The Labute approximate surface area is 127 Å². The maximum Gasteiger partial charge on any atom is 0.119 e. The van der Waals surface area contributed by atoms with Crippen LogP contribution in [0.25, 0.3) is 0 Å². The molecule has 2 aromatic rings. The van der Waals surface area contributed by atoms with Crippen molar-refractivity contribution in [1.29, 1.82) is 0 Å². The number of nitrogens with one attached hydrogen (secondary N) is 1. The lowest BCUT2D eigenvalue weighted by Gasteiger charge is -2.37. The van der Waals surface area contributed by atoms with Crippen molar-refractivity contribution in [3.63, 3.8) is 0 Å². The molecule has 1 N–H and O–H groups in total. The largest absolute Gasteiger partial charge is 0.497 e. The van der Waals surface area contributed by atoms with E-state index in [0.717, 1.165) is 5.75 Å². The van der Waals surface area contributed by atoms with Crippen molar-refractivity contribution in [2.24, 2.45) is 0 Å². The van der Waals surface area contributed by atoms with Gasteiger partial charge in [-0.05, 0) is 61.9 Å². The normalized spacial score (nSPS) is 20.7. The predicted molar refractivity (Wildman–Crippen MR) is 88.3 cm³/mol. The first-order valence-corrected chi connectivity index (χ1v) is 7.63. The van der Waals surface area contributed by atoms with Crippen LogP contribution in [-0.2, 0) is 0 Å². The lowest BCUT2D eigenvalue weighted by Crippen LogP contribution is -2.34. The van der Waals surface area contributed by atoms with Crippen LogP contribution in [0.15, 0.2) is 42.5 Å². The molecule has 0 heterocycles. The van der Waals surface area contributed by atoms with Crippen LogP contribution in [0.4, 0.5) is 5.69 Å². The van der Waals surface area contributed by atoms with Gasteiger partial charge in [0.1, 0.15) is 5.75 Å². The van der Waals surface area contributed by atoms with Gasteiger partial charge in [0.05, 0.1) is 7.11 Å². The lowest BCUT2D eigenvalue weighted by molar-refractivity contribution is 0.374. The van der Waals surface area contributed by atoms with Gasteiger partial charge in [-0.25, -0.2) is 0 Å². The molecule has 0 bridgehead atoms. The van der Waals surface area contributed by atoms with E-state index in [9.17, 15) is 0 Å². The zero-order valence-electron chi connectivity index (χ0n) is 13.0. The summed E-state index contributed by atoms with van der Waals surface area (Å²) >= 11 is 0. The Kier molecular flexibility index (Phi) is 3.87. The molecule has 110 valence electrons. The first-order chi connectivity index (χ1) is 10.2. The molecule has 21 heavy (non-hydrogen) atoms. The molecule has 0 aliphatic heterocycles. The Balaban J connectivity index is 1.58. The minimum atomic E-state index is 0.586. The molecule has 0 spiro atoms. The van der Waals surface area contributed by atoms with E-state index in [1.54, 1.807) is 7.11 Å². The Morgan fingerprint density at radius 2 is 1.71 bits per heavy atom. The highest BCUT2D eigenvalue weighted by Gasteiger charge is 2.30. The van der Waals surface area contributed by atoms with Crippen LogP contribution in [-0.4, -0.2) is 13.2 Å². The van der Waals surface area contributed by atoms with Gasteiger partial charge in [-0.3, -0.25) is 0 Å². The second-order valence-corrected chi connectivity index (χ2v) is 6.10. The lowest BCUT2D eigenvalue weighted by atomic mass is 9.75. The second-order valence-electron chi connectivity index (χ2n) is 6.10. The summed E-state index contributed by atoms with van der Waals surface area (Å²) in [4.78, 5) is 0. The van der Waals surface area contributed by atoms with Crippen molar-refractivity contribution in [3.05, 3.63) is 59.2 Å². The van der Waals surface area contributed by atoms with Gasteiger partial charge in [0.25, 0.3) is 0 Å². The van der Waals surface area contributed by atoms with Crippen molar-refractivity contribution in [2.75, 3.05) is 12.4 Å². The quantitative estimate of drug-likeness (QED) is 0.879. The first kappa shape index (κ1) is 14.0. The molecule has 0 saturated heterocycles. The van der Waals surface area contributed by atoms with Crippen LogP contribution in [0.3, 0.4) is 0 Å². The van der Waals surface area contributed by atoms with Gasteiger partial charge in [0, 0.05) is 11.7 Å². The SMILES string of the molecule is COc1ccc(NC2CC(c3ccc(C)cc3)C2)c(C)c1. The van der Waals surface area contributed by atoms with Crippen molar-refractivity contribution < 1.29 is 4.74 Å². The fourth-order valence-corrected chi connectivity index (χ4v) is 2.99. The maximum absolute atomic E-state index is 5.25. The fourth-order valence-electron chi connectivity index (χ4n) is 2.99. The summed E-state index contributed by atoms with van der Waals surface area (Å²) in [7, 11) is 1.71. The monoisotopic (exact) mass is 281 g/mol. The van der Waals surface area contributed by atoms with Gasteiger partial charge in [-0.15, -0.1) is 0 Å². The average Bonchev–Trinajstić information content (AvgIpc) is 2.45. The highest BCUT2D eigenvalue weighted by atomic mass is 16.5. The van der Waals surface area contributed by atoms with E-state index in [4.69, 9.17) is 4.74 Å². The predicted octanol–water partition coefficient (Wildman–Crippen LogP) is 4.67. The third-order valence-electron chi connectivity index (χ3n) is 4.48. The highest BCUT2D eigenvalue weighted by Crippen LogP contribution is 2.39. The minimum absolute atomic E-state index is 0.586. The Morgan fingerprint density at radius 3 is 2.33 bits per heavy atom. The van der Waals surface area contributed by atoms with Crippen LogP contribution >= 0.6 is 0 Å². The Hall–Kier alpha value is -1.96. The number of benzene rings is 2. The van der Waals surface area contributed by atoms with E-state index in [1.165, 1.54) is 35.2 Å². The summed E-state index contributed by atoms with van der Waals surface area (Å²) in [6.07, 6.45) is 2.43. The Bertz CT molecular complexity index is 612. The van der Waals surface area contributed by atoms with Gasteiger partial charge in [-0.1, -0.05) is 29.8 Å². The van der Waals surface area contributed by atoms with Gasteiger partial charge in [0.15, 0.2) is 0 Å². The molecule has 0 aromatic heterocycles. The van der Waals surface area contributed by atoms with E-state index >= 15 is 0 Å². The second kappa shape index (κ2) is 5.80. The smallest absolute Gasteiger partial charge is 0.119 e. The molecular weight excluding hydrogens is 258 g/mol. The number of ether oxygens (including phenoxy) is 1. The molecule has 2 heteroatoms. The third kappa shape index (κ3) is 3.05. The highest BCUT2D eigenvalue weighted by molar-refractivity contribution is 5.54. The summed E-state index contributed by atoms with van der Waals surface area (Å²) in [5, 5.41) is 3.65. The first-order valence-electron chi connectivity index (χ1n) is 7.63. The molecule has 0 unspecified atom stereocenters. The molecule has 3 rings (SSSR count). The molecule has 1 fully saturated rings. The maximum atomic E-state index is 5.25. The number of hydrogen-bond acceptors (Lipinski definition) is 2. The van der Waals surface area contributed by atoms with E-state index in [1.807, 2.05) is 6.07 Å². The van der Waals surface area contributed by atoms with Gasteiger partial charge in [0.2, 0.25) is 0 Å². The molecule has 0 amide bonds. The van der Waals surface area contributed by atoms with Gasteiger partial charge >= 0.3 is 0 Å². The van der Waals surface area contributed by atoms with Gasteiger partial charge < -0.3 is 10.1 Å². The molecular formula is C19H23NO. The van der Waals surface area contributed by atoms with Crippen molar-refractivity contribution in [2.45, 2.75) is 38.6 Å². The van der Waals surface area contributed by atoms with E-state index in [-0.39, 0.29) is 0 Å². The molecule has 0 atom stereocenters. The number of methoxy groups -OCH3 is 1. The number of rotatable bonds is 4. The van der Waals surface area contributed by atoms with Crippen LogP contribution in [0.1, 0.15) is 35.4 Å². The molecule has 1 aliphatic carbocycles. The zero-order valence-corrected chi connectivity index (χ0v) is 13.0. The van der Waals surface area contributed by atoms with E-state index in [0.29, 0.717) is 12.0 Å². The standard InChI is InChI=1S/C19H23NO/c1-13-4-6-15(7-5-13)16-11-17(12-16)20-19-9-8-18(21-3)10-14(19)2/h4-10,16-17,20H,11-12H2,1-3H3. The van der Waals surface area contributed by atoms with E-state index in [2.05, 4.69) is 55.6 Å². The molecule has 0 radical (unpaired) electrons. The van der Waals surface area contributed by atoms with Gasteiger partial charge in [-0.2, -0.15) is 0 Å². The summed E-state index contributed by atoms with van der Waals surface area (Å²) in [5.74, 6) is 1.63. The molecule has 1 aliphatic rings. The number of aryl methyl sites for hydroxylation is 2. The minimum Gasteiger partial charge on any atom is -0.497 e. The molecule has 2 nitrogen and oxygen atoms in total. The van der Waals surface area contributed by atoms with Crippen LogP contribution < -0.4 is 10.1 Å². The summed E-state index contributed by atoms with van der Waals surface area (Å²) in [5.41, 5.74) is 5.28. The molecule has 1 saturated carbocycles. The van der Waals surface area contributed by atoms with Crippen molar-refractivity contribution in [1.82, 2.24) is 0 Å². The third-order valence-corrected chi connectivity index (χ3v) is 4.48. The Morgan fingerprint density at radius 1 is 1.00 bits per heavy atom.